The quantitative estimate of drug-likeness (QED) is 0.566. The molecule has 4 heteroatoms. The minimum absolute atomic E-state index is 0.111. The van der Waals surface area contributed by atoms with Gasteiger partial charge in [0.25, 0.3) is 0 Å². The lowest BCUT2D eigenvalue weighted by Gasteiger charge is -2.32. The predicted molar refractivity (Wildman–Crippen MR) is 135 cm³/mol. The van der Waals surface area contributed by atoms with Gasteiger partial charge in [-0.05, 0) is 85.4 Å². The highest BCUT2D eigenvalue weighted by atomic mass is 16.5. The molecule has 0 saturated carbocycles. The molecule has 4 rings (SSSR count). The van der Waals surface area contributed by atoms with Crippen molar-refractivity contribution >= 4 is 5.57 Å². The number of rotatable bonds is 8. The smallest absolute Gasteiger partial charge is 0.125 e. The number of hydrogen-bond acceptors (Lipinski definition) is 4. The van der Waals surface area contributed by atoms with Gasteiger partial charge in [0.05, 0.1) is 13.2 Å². The maximum atomic E-state index is 9.77. The molecule has 178 valence electrons. The average molecular weight is 450 g/mol. The Labute approximate surface area is 199 Å². The lowest BCUT2D eigenvalue weighted by molar-refractivity contribution is 0.0866. The number of aliphatic hydroxyl groups is 1. The molecular formula is C29H39NO3. The van der Waals surface area contributed by atoms with Gasteiger partial charge in [-0.3, -0.25) is 4.90 Å². The number of fused-ring (bicyclic) bond motifs is 1. The molecule has 0 spiro atoms. The van der Waals surface area contributed by atoms with Crippen molar-refractivity contribution in [3.8, 4) is 11.5 Å². The Morgan fingerprint density at radius 2 is 1.85 bits per heavy atom. The average Bonchev–Trinajstić information content (AvgIpc) is 2.81. The Bertz CT molecular complexity index is 986. The van der Waals surface area contributed by atoms with Gasteiger partial charge in [0.1, 0.15) is 18.1 Å². The fourth-order valence-electron chi connectivity index (χ4n) is 5.11. The molecule has 1 saturated heterocycles. The molecule has 0 bridgehead atoms. The summed E-state index contributed by atoms with van der Waals surface area (Å²) in [5, 5.41) is 9.77. The summed E-state index contributed by atoms with van der Waals surface area (Å²) in [6.45, 7) is 10.3. The molecule has 1 aliphatic carbocycles. The SMILES string of the molecule is COc1cc(CC(C)C)ccc1COc1ccc2c(c1)CCC(CN1CCC(O)CC1)=C2C. The van der Waals surface area contributed by atoms with E-state index in [1.54, 1.807) is 12.7 Å². The zero-order chi connectivity index (χ0) is 23.4. The molecule has 0 radical (unpaired) electrons. The van der Waals surface area contributed by atoms with E-state index in [9.17, 15) is 5.11 Å². The fourth-order valence-corrected chi connectivity index (χ4v) is 5.11. The van der Waals surface area contributed by atoms with Crippen molar-refractivity contribution in [1.29, 1.82) is 0 Å². The summed E-state index contributed by atoms with van der Waals surface area (Å²) in [5.74, 6) is 2.45. The van der Waals surface area contributed by atoms with Crippen LogP contribution in [0.5, 0.6) is 11.5 Å². The third-order valence-corrected chi connectivity index (χ3v) is 7.07. The standard InChI is InChI=1S/C29H39NO3/c1-20(2)15-22-5-6-25(29(16-22)32-4)19-33-27-9-10-28-21(3)24(8-7-23(28)17-27)18-30-13-11-26(31)12-14-30/h5-6,9-10,16-17,20,26,31H,7-8,11-15,18-19H2,1-4H3. The van der Waals surface area contributed by atoms with E-state index in [4.69, 9.17) is 9.47 Å². The van der Waals surface area contributed by atoms with Crippen LogP contribution >= 0.6 is 0 Å². The molecule has 2 aliphatic rings. The summed E-state index contributed by atoms with van der Waals surface area (Å²) in [4.78, 5) is 2.49. The summed E-state index contributed by atoms with van der Waals surface area (Å²) in [5.41, 5.74) is 8.07. The monoisotopic (exact) mass is 449 g/mol. The summed E-state index contributed by atoms with van der Waals surface area (Å²) in [7, 11) is 1.73. The van der Waals surface area contributed by atoms with Crippen LogP contribution in [0.2, 0.25) is 0 Å². The Kier molecular flexibility index (Phi) is 7.77. The second kappa shape index (κ2) is 10.8. The normalized spacial score (nSPS) is 17.4. The van der Waals surface area contributed by atoms with Crippen LogP contribution in [0.25, 0.3) is 5.57 Å². The summed E-state index contributed by atoms with van der Waals surface area (Å²) in [6.07, 6.45) is 4.90. The maximum absolute atomic E-state index is 9.77. The Morgan fingerprint density at radius 1 is 1.06 bits per heavy atom. The van der Waals surface area contributed by atoms with E-state index in [2.05, 4.69) is 62.1 Å². The first-order valence-corrected chi connectivity index (χ1v) is 12.4. The van der Waals surface area contributed by atoms with Gasteiger partial charge in [-0.1, -0.05) is 37.6 Å². The van der Waals surface area contributed by atoms with Crippen LogP contribution in [0.1, 0.15) is 62.3 Å². The third-order valence-electron chi connectivity index (χ3n) is 7.07. The zero-order valence-corrected chi connectivity index (χ0v) is 20.7. The van der Waals surface area contributed by atoms with E-state index in [0.29, 0.717) is 12.5 Å². The Morgan fingerprint density at radius 3 is 2.58 bits per heavy atom. The lowest BCUT2D eigenvalue weighted by atomic mass is 9.86. The molecule has 1 heterocycles. The molecule has 1 N–H and O–H groups in total. The van der Waals surface area contributed by atoms with Crippen LogP contribution in [-0.4, -0.2) is 42.9 Å². The van der Waals surface area contributed by atoms with Gasteiger partial charge in [-0.2, -0.15) is 0 Å². The highest BCUT2D eigenvalue weighted by Crippen LogP contribution is 2.34. The zero-order valence-electron chi connectivity index (χ0n) is 20.7. The van der Waals surface area contributed by atoms with E-state index in [-0.39, 0.29) is 6.10 Å². The lowest BCUT2D eigenvalue weighted by Crippen LogP contribution is -2.37. The summed E-state index contributed by atoms with van der Waals surface area (Å²) < 4.78 is 11.8. The van der Waals surface area contributed by atoms with E-state index in [0.717, 1.165) is 68.8 Å². The number of ether oxygens (including phenoxy) is 2. The highest BCUT2D eigenvalue weighted by molar-refractivity contribution is 5.72. The number of hydrogen-bond donors (Lipinski definition) is 1. The van der Waals surface area contributed by atoms with Crippen molar-refractivity contribution in [3.63, 3.8) is 0 Å². The second-order valence-electron chi connectivity index (χ2n) is 10.1. The summed E-state index contributed by atoms with van der Waals surface area (Å²) in [6, 6.07) is 13.0. The molecule has 2 aromatic carbocycles. The van der Waals surface area contributed by atoms with E-state index in [1.807, 2.05) is 0 Å². The Hall–Kier alpha value is -2.30. The van der Waals surface area contributed by atoms with Crippen molar-refractivity contribution in [2.45, 2.75) is 65.6 Å². The van der Waals surface area contributed by atoms with Crippen molar-refractivity contribution in [3.05, 3.63) is 64.2 Å². The van der Waals surface area contributed by atoms with Crippen LogP contribution in [0, 0.1) is 5.92 Å². The fraction of sp³-hybridized carbons (Fsp3) is 0.517. The molecule has 1 fully saturated rings. The first kappa shape index (κ1) is 23.8. The van der Waals surface area contributed by atoms with Crippen molar-refractivity contribution in [1.82, 2.24) is 4.90 Å². The predicted octanol–water partition coefficient (Wildman–Crippen LogP) is 5.65. The second-order valence-corrected chi connectivity index (χ2v) is 10.1. The molecule has 4 nitrogen and oxygen atoms in total. The molecule has 0 amide bonds. The van der Waals surface area contributed by atoms with Gasteiger partial charge in [0, 0.05) is 25.2 Å². The van der Waals surface area contributed by atoms with Crippen LogP contribution in [0.15, 0.2) is 42.0 Å². The molecular weight excluding hydrogens is 410 g/mol. The van der Waals surface area contributed by atoms with Crippen molar-refractivity contribution in [2.75, 3.05) is 26.7 Å². The Balaban J connectivity index is 1.41. The topological polar surface area (TPSA) is 41.9 Å². The van der Waals surface area contributed by atoms with Crippen molar-refractivity contribution < 1.29 is 14.6 Å². The third kappa shape index (κ3) is 5.99. The molecule has 1 aliphatic heterocycles. The first-order chi connectivity index (χ1) is 15.9. The number of benzene rings is 2. The molecule has 0 atom stereocenters. The van der Waals surface area contributed by atoms with Gasteiger partial charge >= 0.3 is 0 Å². The molecule has 2 aromatic rings. The minimum Gasteiger partial charge on any atom is -0.496 e. The number of methoxy groups -OCH3 is 1. The van der Waals surface area contributed by atoms with Crippen LogP contribution < -0.4 is 9.47 Å². The number of piperidine rings is 1. The number of aliphatic hydroxyl groups excluding tert-OH is 1. The van der Waals surface area contributed by atoms with Gasteiger partial charge in [-0.15, -0.1) is 0 Å². The van der Waals surface area contributed by atoms with Gasteiger partial charge < -0.3 is 14.6 Å². The number of likely N-dealkylation sites (tertiary alicyclic amines) is 1. The van der Waals surface area contributed by atoms with Crippen molar-refractivity contribution in [2.24, 2.45) is 5.92 Å². The number of nitrogens with zero attached hydrogens (tertiary/aromatic N) is 1. The van der Waals surface area contributed by atoms with Gasteiger partial charge in [0.15, 0.2) is 0 Å². The molecule has 0 aromatic heterocycles. The van der Waals surface area contributed by atoms with Gasteiger partial charge in [-0.25, -0.2) is 0 Å². The van der Waals surface area contributed by atoms with E-state index < -0.39 is 0 Å². The maximum Gasteiger partial charge on any atom is 0.125 e. The minimum atomic E-state index is -0.111. The van der Waals surface area contributed by atoms with Gasteiger partial charge in [0.2, 0.25) is 0 Å². The molecule has 0 unspecified atom stereocenters. The highest BCUT2D eigenvalue weighted by Gasteiger charge is 2.22. The van der Waals surface area contributed by atoms with Crippen LogP contribution in [0.4, 0.5) is 0 Å². The number of allylic oxidation sites excluding steroid dienone is 1. The van der Waals surface area contributed by atoms with Crippen LogP contribution in [0.3, 0.4) is 0 Å². The number of aryl methyl sites for hydroxylation is 1. The first-order valence-electron chi connectivity index (χ1n) is 12.4. The molecule has 33 heavy (non-hydrogen) atoms. The van der Waals surface area contributed by atoms with Crippen LogP contribution in [-0.2, 0) is 19.4 Å². The van der Waals surface area contributed by atoms with E-state index in [1.165, 1.54) is 22.3 Å². The van der Waals surface area contributed by atoms with E-state index >= 15 is 0 Å². The summed E-state index contributed by atoms with van der Waals surface area (Å²) >= 11 is 0. The largest absolute Gasteiger partial charge is 0.496 e.